The van der Waals surface area contributed by atoms with Crippen LogP contribution in [0.5, 0.6) is 0 Å². The van der Waals surface area contributed by atoms with E-state index in [2.05, 4.69) is 10.6 Å². The van der Waals surface area contributed by atoms with Gasteiger partial charge in [0.1, 0.15) is 0 Å². The summed E-state index contributed by atoms with van der Waals surface area (Å²) >= 11 is 0. The van der Waals surface area contributed by atoms with Crippen LogP contribution in [0.25, 0.3) is 0 Å². The first-order valence-electron chi connectivity index (χ1n) is 8.20. The van der Waals surface area contributed by atoms with E-state index in [0.717, 1.165) is 36.1 Å². The Bertz CT molecular complexity index is 581. The maximum atomic E-state index is 12.2. The van der Waals surface area contributed by atoms with Gasteiger partial charge in [-0.1, -0.05) is 19.3 Å². The topological polar surface area (TPSA) is 78.4 Å². The van der Waals surface area contributed by atoms with E-state index in [9.17, 15) is 14.7 Å². The number of hydrogen-bond acceptors (Lipinski definition) is 3. The van der Waals surface area contributed by atoms with Crippen LogP contribution >= 0.6 is 0 Å². The van der Waals surface area contributed by atoms with Crippen molar-refractivity contribution in [2.45, 2.75) is 64.9 Å². The molecule has 5 heteroatoms. The fraction of sp³-hybridized carbons (Fsp3) is 0.556. The second kappa shape index (κ2) is 7.13. The summed E-state index contributed by atoms with van der Waals surface area (Å²) in [7, 11) is 0. The Hall–Kier alpha value is -1.88. The number of carbonyl (C=O) groups excluding carboxylic acids is 2. The molecule has 0 radical (unpaired) electrons. The number of hydrogen-bond donors (Lipinski definition) is 3. The number of rotatable bonds is 4. The van der Waals surface area contributed by atoms with Crippen molar-refractivity contribution >= 4 is 23.2 Å². The largest absolute Gasteiger partial charge is 0.389 e. The number of aliphatic hydroxyl groups is 1. The molecule has 23 heavy (non-hydrogen) atoms. The van der Waals surface area contributed by atoms with Crippen LogP contribution in [-0.2, 0) is 9.59 Å². The summed E-state index contributed by atoms with van der Waals surface area (Å²) in [6.45, 7) is 5.25. The van der Waals surface area contributed by atoms with Gasteiger partial charge in [0.25, 0.3) is 0 Å². The van der Waals surface area contributed by atoms with Crippen molar-refractivity contribution in [3.05, 3.63) is 23.3 Å². The molecular formula is C18H26N2O3. The molecule has 1 aromatic carbocycles. The van der Waals surface area contributed by atoms with Gasteiger partial charge in [0, 0.05) is 18.3 Å². The summed E-state index contributed by atoms with van der Waals surface area (Å²) in [5, 5.41) is 16.1. The lowest BCUT2D eigenvalue weighted by Crippen LogP contribution is -2.35. The van der Waals surface area contributed by atoms with Crippen molar-refractivity contribution in [1.29, 1.82) is 0 Å². The minimum atomic E-state index is -0.859. The number of carbonyl (C=O) groups is 2. The lowest BCUT2D eigenvalue weighted by molar-refractivity contribution is -0.122. The molecule has 3 N–H and O–H groups in total. The highest BCUT2D eigenvalue weighted by Gasteiger charge is 2.31. The lowest BCUT2D eigenvalue weighted by Gasteiger charge is -2.31. The molecule has 5 nitrogen and oxygen atoms in total. The van der Waals surface area contributed by atoms with E-state index >= 15 is 0 Å². The molecule has 126 valence electrons. The van der Waals surface area contributed by atoms with Crippen LogP contribution < -0.4 is 10.6 Å². The van der Waals surface area contributed by atoms with Crippen molar-refractivity contribution < 1.29 is 14.7 Å². The highest BCUT2D eigenvalue weighted by Crippen LogP contribution is 2.31. The van der Waals surface area contributed by atoms with Crippen LogP contribution in [0.1, 0.15) is 56.6 Å². The molecule has 0 bridgehead atoms. The third-order valence-corrected chi connectivity index (χ3v) is 4.39. The molecule has 1 fully saturated rings. The predicted molar refractivity (Wildman–Crippen MR) is 91.5 cm³/mol. The summed E-state index contributed by atoms with van der Waals surface area (Å²) in [6.07, 6.45) is 4.62. The van der Waals surface area contributed by atoms with E-state index in [1.807, 2.05) is 26.0 Å². The van der Waals surface area contributed by atoms with Gasteiger partial charge in [-0.3, -0.25) is 9.59 Å². The molecule has 0 unspecified atom stereocenters. The van der Waals surface area contributed by atoms with Crippen LogP contribution in [0, 0.1) is 13.8 Å². The van der Waals surface area contributed by atoms with Crippen molar-refractivity contribution in [3.63, 3.8) is 0 Å². The molecule has 0 aromatic heterocycles. The molecule has 0 heterocycles. The van der Waals surface area contributed by atoms with Gasteiger partial charge in [0.15, 0.2) is 0 Å². The fourth-order valence-electron chi connectivity index (χ4n) is 3.30. The number of nitrogens with one attached hydrogen (secondary N) is 2. The Kier molecular flexibility index (Phi) is 5.42. The molecule has 1 saturated carbocycles. The van der Waals surface area contributed by atoms with Crippen molar-refractivity contribution in [1.82, 2.24) is 0 Å². The maximum absolute atomic E-state index is 12.2. The third-order valence-electron chi connectivity index (χ3n) is 4.39. The standard InChI is InChI=1S/C18H26N2O3/c1-12-9-15(10-13(2)17(12)19-14(3)21)20-16(22)11-18(23)7-5-4-6-8-18/h9-10,23H,4-8,11H2,1-3H3,(H,19,21)(H,20,22). The van der Waals surface area contributed by atoms with Crippen LogP contribution in [0.3, 0.4) is 0 Å². The van der Waals surface area contributed by atoms with Crippen molar-refractivity contribution in [2.24, 2.45) is 0 Å². The Labute approximate surface area is 137 Å². The fourth-order valence-corrected chi connectivity index (χ4v) is 3.30. The van der Waals surface area contributed by atoms with Crippen LogP contribution in [0.2, 0.25) is 0 Å². The van der Waals surface area contributed by atoms with Crippen molar-refractivity contribution in [2.75, 3.05) is 10.6 Å². The molecular weight excluding hydrogens is 292 g/mol. The zero-order valence-corrected chi connectivity index (χ0v) is 14.2. The quantitative estimate of drug-likeness (QED) is 0.797. The normalized spacial score (nSPS) is 16.7. The number of anilines is 2. The summed E-state index contributed by atoms with van der Waals surface area (Å²) in [5.41, 5.74) is 2.40. The molecule has 2 rings (SSSR count). The van der Waals surface area contributed by atoms with E-state index in [-0.39, 0.29) is 18.2 Å². The second-order valence-corrected chi connectivity index (χ2v) is 6.68. The third kappa shape index (κ3) is 4.79. The minimum absolute atomic E-state index is 0.118. The zero-order chi connectivity index (χ0) is 17.0. The minimum Gasteiger partial charge on any atom is -0.389 e. The molecule has 0 aliphatic heterocycles. The van der Waals surface area contributed by atoms with Gasteiger partial charge in [0.05, 0.1) is 12.0 Å². The van der Waals surface area contributed by atoms with Gasteiger partial charge >= 0.3 is 0 Å². The molecule has 0 spiro atoms. The SMILES string of the molecule is CC(=O)Nc1c(C)cc(NC(=O)CC2(O)CCCCC2)cc1C. The molecule has 2 amide bonds. The molecule has 1 aliphatic rings. The molecule has 0 saturated heterocycles. The summed E-state index contributed by atoms with van der Waals surface area (Å²) in [6, 6.07) is 3.67. The first kappa shape index (κ1) is 17.5. The van der Waals surface area contributed by atoms with E-state index in [0.29, 0.717) is 18.5 Å². The average Bonchev–Trinajstić information content (AvgIpc) is 2.42. The monoisotopic (exact) mass is 318 g/mol. The van der Waals surface area contributed by atoms with Crippen LogP contribution in [0.15, 0.2) is 12.1 Å². The number of aryl methyl sites for hydroxylation is 2. The Balaban J connectivity index is 2.05. The van der Waals surface area contributed by atoms with Crippen LogP contribution in [0.4, 0.5) is 11.4 Å². The van der Waals surface area contributed by atoms with E-state index < -0.39 is 5.60 Å². The molecule has 0 atom stereocenters. The average molecular weight is 318 g/mol. The zero-order valence-electron chi connectivity index (χ0n) is 14.2. The molecule has 1 aromatic rings. The van der Waals surface area contributed by atoms with E-state index in [1.165, 1.54) is 6.92 Å². The van der Waals surface area contributed by atoms with E-state index in [4.69, 9.17) is 0 Å². The highest BCUT2D eigenvalue weighted by molar-refractivity contribution is 5.94. The molecule has 1 aliphatic carbocycles. The first-order chi connectivity index (χ1) is 10.8. The highest BCUT2D eigenvalue weighted by atomic mass is 16.3. The Morgan fingerprint density at radius 3 is 2.17 bits per heavy atom. The predicted octanol–water partition coefficient (Wildman–Crippen LogP) is 3.29. The first-order valence-corrected chi connectivity index (χ1v) is 8.20. The van der Waals surface area contributed by atoms with Crippen molar-refractivity contribution in [3.8, 4) is 0 Å². The van der Waals surface area contributed by atoms with Gasteiger partial charge in [-0.15, -0.1) is 0 Å². The maximum Gasteiger partial charge on any atom is 0.227 e. The Morgan fingerprint density at radius 2 is 1.65 bits per heavy atom. The van der Waals surface area contributed by atoms with Crippen LogP contribution in [-0.4, -0.2) is 22.5 Å². The van der Waals surface area contributed by atoms with Gasteiger partial charge < -0.3 is 15.7 Å². The van der Waals surface area contributed by atoms with Gasteiger partial charge in [-0.2, -0.15) is 0 Å². The summed E-state index contributed by atoms with van der Waals surface area (Å²) in [4.78, 5) is 23.5. The summed E-state index contributed by atoms with van der Waals surface area (Å²) < 4.78 is 0. The number of amides is 2. The summed E-state index contributed by atoms with van der Waals surface area (Å²) in [5.74, 6) is -0.284. The smallest absolute Gasteiger partial charge is 0.227 e. The van der Waals surface area contributed by atoms with E-state index in [1.54, 1.807) is 0 Å². The van der Waals surface area contributed by atoms with Gasteiger partial charge in [0.2, 0.25) is 11.8 Å². The Morgan fingerprint density at radius 1 is 1.09 bits per heavy atom. The number of benzene rings is 1. The second-order valence-electron chi connectivity index (χ2n) is 6.68. The lowest BCUT2D eigenvalue weighted by atomic mass is 9.82. The van der Waals surface area contributed by atoms with Gasteiger partial charge in [-0.05, 0) is 49.9 Å². The van der Waals surface area contributed by atoms with Gasteiger partial charge in [-0.25, -0.2) is 0 Å².